The van der Waals surface area contributed by atoms with E-state index < -0.39 is 0 Å². The van der Waals surface area contributed by atoms with Gasteiger partial charge in [0.05, 0.1) is 13.2 Å². The summed E-state index contributed by atoms with van der Waals surface area (Å²) in [5.74, 6) is 1.88. The molecule has 96 valence electrons. The van der Waals surface area contributed by atoms with Crippen molar-refractivity contribution >= 4 is 0 Å². The Hall–Kier alpha value is -1.81. The lowest BCUT2D eigenvalue weighted by Gasteiger charge is -2.15. The second-order valence-electron chi connectivity index (χ2n) is 4.17. The number of methoxy groups -OCH3 is 1. The van der Waals surface area contributed by atoms with Crippen LogP contribution in [0.25, 0.3) is 0 Å². The topological polar surface area (TPSA) is 49.9 Å². The maximum absolute atomic E-state index is 5.21. The fourth-order valence-corrected chi connectivity index (χ4v) is 1.93. The normalized spacial score (nSPS) is 12.3. The van der Waals surface area contributed by atoms with Crippen LogP contribution in [0.4, 0.5) is 0 Å². The van der Waals surface area contributed by atoms with E-state index in [-0.39, 0.29) is 6.04 Å². The van der Waals surface area contributed by atoms with Crippen molar-refractivity contribution in [3.8, 4) is 5.75 Å². The first-order valence-corrected chi connectivity index (χ1v) is 6.19. The van der Waals surface area contributed by atoms with Crippen LogP contribution in [0.3, 0.4) is 0 Å². The summed E-state index contributed by atoms with van der Waals surface area (Å²) < 4.78 is 5.21. The first-order valence-electron chi connectivity index (χ1n) is 6.19. The molecule has 1 aromatic heterocycles. The number of benzene rings is 1. The lowest BCUT2D eigenvalue weighted by molar-refractivity contribution is 0.413. The molecular formula is C14H19N3O. The van der Waals surface area contributed by atoms with Crippen LogP contribution in [0.2, 0.25) is 0 Å². The molecule has 4 heteroatoms. The smallest absolute Gasteiger partial charge is 0.123 e. The van der Waals surface area contributed by atoms with Crippen LogP contribution in [0.5, 0.6) is 5.75 Å². The molecule has 0 aliphatic heterocycles. The summed E-state index contributed by atoms with van der Waals surface area (Å²) in [6, 6.07) is 8.34. The second-order valence-corrected chi connectivity index (χ2v) is 4.17. The number of H-pyrrole nitrogens is 1. The van der Waals surface area contributed by atoms with Crippen molar-refractivity contribution in [2.75, 3.05) is 7.11 Å². The first-order chi connectivity index (χ1) is 8.83. The van der Waals surface area contributed by atoms with Crippen LogP contribution in [0.1, 0.15) is 30.8 Å². The maximum Gasteiger partial charge on any atom is 0.123 e. The summed E-state index contributed by atoms with van der Waals surface area (Å²) in [5.41, 5.74) is 1.21. The summed E-state index contributed by atoms with van der Waals surface area (Å²) in [5, 5.41) is 3.49. The fourth-order valence-electron chi connectivity index (χ4n) is 1.93. The van der Waals surface area contributed by atoms with Gasteiger partial charge in [-0.25, -0.2) is 4.98 Å². The zero-order valence-corrected chi connectivity index (χ0v) is 10.8. The number of hydrogen-bond acceptors (Lipinski definition) is 3. The van der Waals surface area contributed by atoms with Gasteiger partial charge in [0.1, 0.15) is 11.6 Å². The van der Waals surface area contributed by atoms with Gasteiger partial charge in [-0.15, -0.1) is 0 Å². The highest BCUT2D eigenvalue weighted by molar-refractivity contribution is 5.28. The third-order valence-corrected chi connectivity index (χ3v) is 2.94. The van der Waals surface area contributed by atoms with Crippen molar-refractivity contribution < 1.29 is 4.74 Å². The number of ether oxygens (including phenoxy) is 1. The Morgan fingerprint density at radius 3 is 3.00 bits per heavy atom. The van der Waals surface area contributed by atoms with E-state index in [4.69, 9.17) is 4.74 Å². The van der Waals surface area contributed by atoms with Crippen LogP contribution < -0.4 is 10.1 Å². The Morgan fingerprint density at radius 1 is 1.44 bits per heavy atom. The van der Waals surface area contributed by atoms with Crippen LogP contribution in [0, 0.1) is 0 Å². The predicted octanol–water partition coefficient (Wildman–Crippen LogP) is 2.66. The zero-order valence-electron chi connectivity index (χ0n) is 10.8. The molecule has 1 aromatic carbocycles. The van der Waals surface area contributed by atoms with Crippen molar-refractivity contribution in [1.29, 1.82) is 0 Å². The summed E-state index contributed by atoms with van der Waals surface area (Å²) in [4.78, 5) is 7.44. The standard InChI is InChI=1S/C14H19N3O/c1-3-13(14-15-7-8-16-14)17-10-11-5-4-6-12(9-11)18-2/h4-9,13,17H,3,10H2,1-2H3,(H,15,16). The highest BCUT2D eigenvalue weighted by Crippen LogP contribution is 2.15. The van der Waals surface area contributed by atoms with E-state index in [9.17, 15) is 0 Å². The lowest BCUT2D eigenvalue weighted by atomic mass is 10.1. The molecule has 0 fully saturated rings. The maximum atomic E-state index is 5.21. The van der Waals surface area contributed by atoms with E-state index in [1.807, 2.05) is 24.4 Å². The van der Waals surface area contributed by atoms with Crippen molar-refractivity contribution in [2.24, 2.45) is 0 Å². The van der Waals surface area contributed by atoms with E-state index in [0.717, 1.165) is 24.5 Å². The molecule has 0 aliphatic rings. The monoisotopic (exact) mass is 245 g/mol. The van der Waals surface area contributed by atoms with Gasteiger partial charge in [0.2, 0.25) is 0 Å². The van der Waals surface area contributed by atoms with Gasteiger partial charge in [-0.05, 0) is 24.1 Å². The Morgan fingerprint density at radius 2 is 2.33 bits per heavy atom. The zero-order chi connectivity index (χ0) is 12.8. The summed E-state index contributed by atoms with van der Waals surface area (Å²) >= 11 is 0. The molecule has 0 amide bonds. The minimum absolute atomic E-state index is 0.256. The van der Waals surface area contributed by atoms with Crippen molar-refractivity contribution in [3.05, 3.63) is 48.0 Å². The number of aromatic nitrogens is 2. The van der Waals surface area contributed by atoms with E-state index >= 15 is 0 Å². The molecule has 0 spiro atoms. The number of rotatable bonds is 6. The largest absolute Gasteiger partial charge is 0.497 e. The number of imidazole rings is 1. The van der Waals surface area contributed by atoms with Crippen LogP contribution in [0.15, 0.2) is 36.7 Å². The second kappa shape index (κ2) is 6.21. The Labute approximate surface area is 107 Å². The Kier molecular flexibility index (Phi) is 4.36. The van der Waals surface area contributed by atoms with E-state index in [1.165, 1.54) is 5.56 Å². The minimum Gasteiger partial charge on any atom is -0.497 e. The third-order valence-electron chi connectivity index (χ3n) is 2.94. The van der Waals surface area contributed by atoms with Gasteiger partial charge in [-0.1, -0.05) is 19.1 Å². The van der Waals surface area contributed by atoms with Gasteiger partial charge in [0.25, 0.3) is 0 Å². The van der Waals surface area contributed by atoms with Gasteiger partial charge in [0.15, 0.2) is 0 Å². The van der Waals surface area contributed by atoms with E-state index in [0.29, 0.717) is 0 Å². The van der Waals surface area contributed by atoms with Crippen molar-refractivity contribution in [3.63, 3.8) is 0 Å². The number of hydrogen-bond donors (Lipinski definition) is 2. The van der Waals surface area contributed by atoms with Crippen molar-refractivity contribution in [2.45, 2.75) is 25.9 Å². The quantitative estimate of drug-likeness (QED) is 0.822. The van der Waals surface area contributed by atoms with E-state index in [2.05, 4.69) is 28.3 Å². The molecule has 0 aliphatic carbocycles. The number of nitrogens with one attached hydrogen (secondary N) is 2. The molecule has 0 radical (unpaired) electrons. The molecule has 4 nitrogen and oxygen atoms in total. The molecule has 0 bridgehead atoms. The molecule has 2 N–H and O–H groups in total. The molecule has 0 saturated carbocycles. The first kappa shape index (κ1) is 12.6. The van der Waals surface area contributed by atoms with Crippen LogP contribution >= 0.6 is 0 Å². The molecule has 0 saturated heterocycles. The molecule has 2 rings (SSSR count). The number of aromatic amines is 1. The van der Waals surface area contributed by atoms with Gasteiger partial charge in [-0.2, -0.15) is 0 Å². The van der Waals surface area contributed by atoms with Gasteiger partial charge in [-0.3, -0.25) is 0 Å². The summed E-state index contributed by atoms with van der Waals surface area (Å²) in [6.07, 6.45) is 4.63. The van der Waals surface area contributed by atoms with Crippen LogP contribution in [-0.4, -0.2) is 17.1 Å². The van der Waals surface area contributed by atoms with E-state index in [1.54, 1.807) is 13.3 Å². The van der Waals surface area contributed by atoms with Gasteiger partial charge < -0.3 is 15.0 Å². The van der Waals surface area contributed by atoms with Crippen LogP contribution in [-0.2, 0) is 6.54 Å². The van der Waals surface area contributed by atoms with Gasteiger partial charge >= 0.3 is 0 Å². The number of nitrogens with zero attached hydrogens (tertiary/aromatic N) is 1. The third kappa shape index (κ3) is 3.11. The Bertz CT molecular complexity index is 468. The molecule has 1 unspecified atom stereocenters. The molecule has 1 atom stereocenters. The summed E-state index contributed by atoms with van der Waals surface area (Å²) in [6.45, 7) is 2.95. The predicted molar refractivity (Wildman–Crippen MR) is 71.5 cm³/mol. The van der Waals surface area contributed by atoms with Gasteiger partial charge in [0, 0.05) is 18.9 Å². The molecule has 1 heterocycles. The van der Waals surface area contributed by atoms with Crippen molar-refractivity contribution in [1.82, 2.24) is 15.3 Å². The highest BCUT2D eigenvalue weighted by Gasteiger charge is 2.10. The average Bonchev–Trinajstić information content (AvgIpc) is 2.94. The minimum atomic E-state index is 0.256. The fraction of sp³-hybridized carbons (Fsp3) is 0.357. The molecule has 2 aromatic rings. The average molecular weight is 245 g/mol. The SMILES string of the molecule is CCC(NCc1cccc(OC)c1)c1ncc[nH]1. The molecule has 18 heavy (non-hydrogen) atoms. The lowest BCUT2D eigenvalue weighted by Crippen LogP contribution is -2.21. The Balaban J connectivity index is 1.97. The summed E-state index contributed by atoms with van der Waals surface area (Å²) in [7, 11) is 1.68. The highest BCUT2D eigenvalue weighted by atomic mass is 16.5. The molecular weight excluding hydrogens is 226 g/mol.